The van der Waals surface area contributed by atoms with Gasteiger partial charge in [0.05, 0.1) is 41.6 Å². The molecule has 2 saturated carbocycles. The summed E-state index contributed by atoms with van der Waals surface area (Å²) in [5.74, 6) is -7.01. The van der Waals surface area contributed by atoms with Gasteiger partial charge in [0.15, 0.2) is 5.75 Å². The third-order valence-corrected chi connectivity index (χ3v) is 15.6. The highest BCUT2D eigenvalue weighted by Gasteiger charge is 2.62. The van der Waals surface area contributed by atoms with Gasteiger partial charge in [-0.15, -0.1) is 0 Å². The van der Waals surface area contributed by atoms with Crippen LogP contribution in [-0.2, 0) is 35.1 Å². The van der Waals surface area contributed by atoms with E-state index in [1.807, 2.05) is 19.9 Å². The lowest BCUT2D eigenvalue weighted by atomic mass is 9.73. The topological polar surface area (TPSA) is 182 Å². The largest absolute Gasteiger partial charge is 0.497 e. The minimum atomic E-state index is -4.14. The molecule has 6 aliphatic rings. The van der Waals surface area contributed by atoms with Gasteiger partial charge in [-0.2, -0.15) is 0 Å². The molecule has 1 aromatic carbocycles. The number of rotatable bonds is 7. The average molecular weight is 868 g/mol. The van der Waals surface area contributed by atoms with E-state index in [1.165, 1.54) is 31.1 Å². The molecule has 5 unspecified atom stereocenters. The van der Waals surface area contributed by atoms with Crippen LogP contribution in [0.25, 0.3) is 10.9 Å². The number of methoxy groups -OCH3 is 1. The standard InChI is InChI=1S/C44H55F2N5O9S/c1-26(2)35-36-34(30-22-29(58-4)16-17-31(30)47-35)44(45,46)24-42(60-36)23-33-37(52)49-43(39(54)50-61(56,57)41(3)20-21-41)19-18-27(43)12-8-6-5-7-9-15-32(38(53)51(33)25-42)48-40(55)59-28-13-10-11-14-28/h8,12,16-19,22,26-28,32-33H,5-7,9-11,13-15,20-21,23-25H2,1-4H3,(H,48,55)(H,49,52)(H,50,54). The Balaban J connectivity index is 1.19. The van der Waals surface area contributed by atoms with Crippen molar-refractivity contribution in [3.63, 3.8) is 0 Å². The summed E-state index contributed by atoms with van der Waals surface area (Å²) < 4.78 is 79.8. The number of alkyl halides is 2. The zero-order chi connectivity index (χ0) is 43.5. The van der Waals surface area contributed by atoms with Crippen LogP contribution in [-0.4, -0.2) is 89.8 Å². The van der Waals surface area contributed by atoms with Crippen molar-refractivity contribution in [2.45, 2.75) is 150 Å². The van der Waals surface area contributed by atoms with Gasteiger partial charge in [-0.3, -0.25) is 19.1 Å². The van der Waals surface area contributed by atoms with Gasteiger partial charge in [0, 0.05) is 17.7 Å². The number of sulfonamides is 1. The van der Waals surface area contributed by atoms with Crippen LogP contribution in [0.5, 0.6) is 11.5 Å². The van der Waals surface area contributed by atoms with Crippen molar-refractivity contribution in [3.8, 4) is 11.5 Å². The number of ether oxygens (including phenoxy) is 3. The quantitative estimate of drug-likeness (QED) is 0.272. The summed E-state index contributed by atoms with van der Waals surface area (Å²) in [5.41, 5.74) is -3.48. The Hall–Kier alpha value is -4.80. The Bertz CT molecular complexity index is 2290. The number of halogens is 2. The van der Waals surface area contributed by atoms with E-state index >= 15 is 8.78 Å². The van der Waals surface area contributed by atoms with E-state index in [1.54, 1.807) is 24.3 Å². The molecule has 8 rings (SSSR count). The summed E-state index contributed by atoms with van der Waals surface area (Å²) in [5, 5.41) is 5.67. The first-order valence-corrected chi connectivity index (χ1v) is 23.0. The van der Waals surface area contributed by atoms with Crippen LogP contribution in [0.3, 0.4) is 0 Å². The minimum Gasteiger partial charge on any atom is -0.497 e. The number of hydrogen-bond donors (Lipinski definition) is 3. The molecule has 0 radical (unpaired) electrons. The number of fused-ring (bicyclic) bond motifs is 5. The van der Waals surface area contributed by atoms with Gasteiger partial charge in [0.25, 0.3) is 11.8 Å². The number of carbonyl (C=O) groups excluding carboxylic acids is 4. The molecule has 4 amide bonds. The smallest absolute Gasteiger partial charge is 0.408 e. The van der Waals surface area contributed by atoms with Crippen LogP contribution in [0, 0.1) is 5.92 Å². The summed E-state index contributed by atoms with van der Waals surface area (Å²) in [6, 6.07) is 2.07. The fraction of sp³-hybridized carbons (Fsp3) is 0.614. The van der Waals surface area contributed by atoms with Crippen LogP contribution in [0.1, 0.15) is 121 Å². The number of allylic oxidation sites excluding steroid dienone is 1. The third kappa shape index (κ3) is 7.95. The average Bonchev–Trinajstić information content (AvgIpc) is 3.58. The molecule has 3 fully saturated rings. The molecule has 1 aromatic heterocycles. The molecular formula is C44H55F2N5O9S. The first-order chi connectivity index (χ1) is 28.9. The molecule has 330 valence electrons. The lowest BCUT2D eigenvalue weighted by Gasteiger charge is -2.42. The monoisotopic (exact) mass is 867 g/mol. The lowest BCUT2D eigenvalue weighted by Crippen LogP contribution is -2.67. The summed E-state index contributed by atoms with van der Waals surface area (Å²) >= 11 is 0. The number of carbonyl (C=O) groups is 4. The normalized spacial score (nSPS) is 29.6. The van der Waals surface area contributed by atoms with E-state index < -0.39 is 93.0 Å². The fourth-order valence-electron chi connectivity index (χ4n) is 9.50. The van der Waals surface area contributed by atoms with Crippen LogP contribution in [0.15, 0.2) is 42.5 Å². The summed E-state index contributed by atoms with van der Waals surface area (Å²) in [6.07, 6.45) is 10.9. The van der Waals surface area contributed by atoms with E-state index in [0.717, 1.165) is 12.8 Å². The van der Waals surface area contributed by atoms with Crippen LogP contribution in [0.2, 0.25) is 0 Å². The van der Waals surface area contributed by atoms with Crippen LogP contribution >= 0.6 is 0 Å². The highest BCUT2D eigenvalue weighted by atomic mass is 32.2. The van der Waals surface area contributed by atoms with Crippen LogP contribution in [0.4, 0.5) is 13.6 Å². The molecule has 61 heavy (non-hydrogen) atoms. The third-order valence-electron chi connectivity index (χ3n) is 13.4. The molecule has 0 bridgehead atoms. The molecule has 1 saturated heterocycles. The molecule has 3 aliphatic carbocycles. The van der Waals surface area contributed by atoms with Crippen molar-refractivity contribution in [1.82, 2.24) is 25.2 Å². The molecule has 4 heterocycles. The molecule has 2 aromatic rings. The fourth-order valence-corrected chi connectivity index (χ4v) is 10.8. The van der Waals surface area contributed by atoms with Crippen molar-refractivity contribution < 1.29 is 50.6 Å². The molecule has 17 heteroatoms. The van der Waals surface area contributed by atoms with Crippen molar-refractivity contribution >= 4 is 44.7 Å². The van der Waals surface area contributed by atoms with Gasteiger partial charge in [-0.25, -0.2) is 27.0 Å². The highest BCUT2D eigenvalue weighted by Crippen LogP contribution is 2.55. The summed E-state index contributed by atoms with van der Waals surface area (Å²) in [6.45, 7) is 4.69. The number of alkyl carbamates (subject to hydrolysis) is 1. The second kappa shape index (κ2) is 15.8. The maximum Gasteiger partial charge on any atom is 0.408 e. The first-order valence-electron chi connectivity index (χ1n) is 21.5. The highest BCUT2D eigenvalue weighted by molar-refractivity contribution is 7.91. The van der Waals surface area contributed by atoms with Gasteiger partial charge in [0.2, 0.25) is 21.8 Å². The Labute approximate surface area is 354 Å². The summed E-state index contributed by atoms with van der Waals surface area (Å²) in [7, 11) is -2.70. The van der Waals surface area contributed by atoms with Crippen molar-refractivity contribution in [2.75, 3.05) is 13.7 Å². The number of nitrogens with zero attached hydrogens (tertiary/aromatic N) is 2. The Morgan fingerprint density at radius 2 is 1.79 bits per heavy atom. The first kappa shape index (κ1) is 42.9. The molecule has 3 aliphatic heterocycles. The van der Waals surface area contributed by atoms with Crippen molar-refractivity contribution in [1.29, 1.82) is 0 Å². The second-order valence-electron chi connectivity index (χ2n) is 18.3. The number of amides is 4. The van der Waals surface area contributed by atoms with E-state index in [4.69, 9.17) is 19.2 Å². The van der Waals surface area contributed by atoms with Gasteiger partial charge in [-0.1, -0.05) is 51.0 Å². The lowest BCUT2D eigenvalue weighted by molar-refractivity contribution is -0.142. The van der Waals surface area contributed by atoms with Crippen molar-refractivity contribution in [2.24, 2.45) is 5.92 Å². The van der Waals surface area contributed by atoms with E-state index in [2.05, 4.69) is 15.4 Å². The predicted molar refractivity (Wildman–Crippen MR) is 220 cm³/mol. The second-order valence-corrected chi connectivity index (χ2v) is 20.5. The maximum absolute atomic E-state index is 17.1. The number of aromatic nitrogens is 1. The number of nitrogens with one attached hydrogen (secondary N) is 3. The SMILES string of the molecule is COc1ccc2nc(C(C)C)c3c(c2c1)C(F)(F)CC1(CC2C(=O)NC4(C(=O)NS(=O)(=O)C5(C)CC5)C=CC4C=CCCCCCC(NC(=O)OC4CCCC4)C(=O)N2C1)O3. The van der Waals surface area contributed by atoms with Gasteiger partial charge in [0.1, 0.15) is 35.1 Å². The Morgan fingerprint density at radius 1 is 1.05 bits per heavy atom. The van der Waals surface area contributed by atoms with E-state index in [9.17, 15) is 27.6 Å². The molecular weight excluding hydrogens is 813 g/mol. The minimum absolute atomic E-state index is 0.140. The predicted octanol–water partition coefficient (Wildman–Crippen LogP) is 6.18. The van der Waals surface area contributed by atoms with Gasteiger partial charge >= 0.3 is 6.09 Å². The Kier molecular flexibility index (Phi) is 11.1. The molecule has 3 N–H and O–H groups in total. The summed E-state index contributed by atoms with van der Waals surface area (Å²) in [4.78, 5) is 63.3. The molecule has 1 spiro atoms. The zero-order valence-electron chi connectivity index (χ0n) is 35.1. The molecule has 14 nitrogen and oxygen atoms in total. The van der Waals surface area contributed by atoms with Crippen molar-refractivity contribution in [3.05, 3.63) is 53.8 Å². The zero-order valence-corrected chi connectivity index (χ0v) is 35.9. The van der Waals surface area contributed by atoms with E-state index in [0.29, 0.717) is 62.6 Å². The van der Waals surface area contributed by atoms with Gasteiger partial charge < -0.3 is 29.7 Å². The van der Waals surface area contributed by atoms with E-state index in [-0.39, 0.29) is 40.8 Å². The number of benzene rings is 1. The van der Waals surface area contributed by atoms with Crippen LogP contribution < -0.4 is 24.8 Å². The number of hydrogen-bond acceptors (Lipinski definition) is 10. The van der Waals surface area contributed by atoms with Gasteiger partial charge in [-0.05, 0) is 88.8 Å². The molecule has 5 atom stereocenters. The Morgan fingerprint density at radius 3 is 2.46 bits per heavy atom. The number of pyridine rings is 1. The maximum atomic E-state index is 17.1.